The fourth-order valence-corrected chi connectivity index (χ4v) is 1.35. The number of rotatable bonds is 3. The number of hydrogen-bond donors (Lipinski definition) is 1. The predicted molar refractivity (Wildman–Crippen MR) is 62.7 cm³/mol. The van der Waals surface area contributed by atoms with Crippen LogP contribution in [0.3, 0.4) is 0 Å². The zero-order valence-corrected chi connectivity index (χ0v) is 9.66. The maximum Gasteiger partial charge on any atom is 0.233 e. The number of nitrogens with zero attached hydrogens (tertiary/aromatic N) is 3. The molecule has 5 heteroatoms. The molecule has 5 nitrogen and oxygen atoms in total. The topological polar surface area (TPSA) is 68.1 Å². The first-order valence-corrected chi connectivity index (χ1v) is 5.30. The largest absolute Gasteiger partial charge is 0.506 e. The van der Waals surface area contributed by atoms with Crippen LogP contribution in [0.15, 0.2) is 30.6 Å². The molecule has 0 bridgehead atoms. The van der Waals surface area contributed by atoms with E-state index in [4.69, 9.17) is 4.74 Å². The number of aromatic nitrogens is 3. The van der Waals surface area contributed by atoms with Crippen molar-refractivity contribution in [1.82, 2.24) is 15.2 Å². The Balaban J connectivity index is 2.23. The molecule has 1 N–H and O–H groups in total. The van der Waals surface area contributed by atoms with Crippen LogP contribution in [0, 0.1) is 0 Å². The van der Waals surface area contributed by atoms with E-state index in [1.54, 1.807) is 24.4 Å². The van der Waals surface area contributed by atoms with Crippen molar-refractivity contribution in [3.8, 4) is 22.9 Å². The van der Waals surface area contributed by atoms with E-state index in [1.165, 1.54) is 6.20 Å². The first-order chi connectivity index (χ1) is 8.15. The van der Waals surface area contributed by atoms with Crippen molar-refractivity contribution < 1.29 is 9.84 Å². The maximum absolute atomic E-state index is 9.31. The van der Waals surface area contributed by atoms with E-state index in [2.05, 4.69) is 15.2 Å². The predicted octanol–water partition coefficient (Wildman–Crippen LogP) is 2.03. The van der Waals surface area contributed by atoms with Crippen LogP contribution in [0.1, 0.15) is 13.8 Å². The number of aromatic hydroxyl groups is 1. The second-order valence-electron chi connectivity index (χ2n) is 3.86. The van der Waals surface area contributed by atoms with E-state index in [1.807, 2.05) is 13.8 Å². The second-order valence-corrected chi connectivity index (χ2v) is 3.86. The Kier molecular flexibility index (Phi) is 3.18. The van der Waals surface area contributed by atoms with Gasteiger partial charge in [0.1, 0.15) is 5.75 Å². The van der Waals surface area contributed by atoms with Gasteiger partial charge in [0, 0.05) is 17.8 Å². The van der Waals surface area contributed by atoms with Gasteiger partial charge in [-0.15, -0.1) is 10.2 Å². The average molecular weight is 231 g/mol. The minimum absolute atomic E-state index is 0.0672. The van der Waals surface area contributed by atoms with Gasteiger partial charge in [-0.25, -0.2) is 0 Å². The molecule has 0 unspecified atom stereocenters. The van der Waals surface area contributed by atoms with Crippen LogP contribution in [0.25, 0.3) is 11.3 Å². The van der Waals surface area contributed by atoms with Crippen LogP contribution in [-0.4, -0.2) is 26.4 Å². The summed E-state index contributed by atoms with van der Waals surface area (Å²) in [7, 11) is 0. The summed E-state index contributed by atoms with van der Waals surface area (Å²) in [4.78, 5) is 3.88. The van der Waals surface area contributed by atoms with Gasteiger partial charge in [-0.2, -0.15) is 0 Å². The lowest BCUT2D eigenvalue weighted by Crippen LogP contribution is -2.07. The van der Waals surface area contributed by atoms with Crippen LogP contribution in [0.5, 0.6) is 11.6 Å². The summed E-state index contributed by atoms with van der Waals surface area (Å²) in [6, 6.07) is 5.10. The van der Waals surface area contributed by atoms with Gasteiger partial charge in [0.25, 0.3) is 0 Å². The van der Waals surface area contributed by atoms with Crippen molar-refractivity contribution in [3.63, 3.8) is 0 Å². The molecule has 0 aliphatic rings. The van der Waals surface area contributed by atoms with Crippen LogP contribution in [0.4, 0.5) is 0 Å². The zero-order chi connectivity index (χ0) is 12.3. The number of hydrogen-bond acceptors (Lipinski definition) is 5. The molecule has 2 rings (SSSR count). The molecule has 88 valence electrons. The molecule has 0 aliphatic heterocycles. The molecule has 2 heterocycles. The monoisotopic (exact) mass is 231 g/mol. The molecule has 0 aromatic carbocycles. The highest BCUT2D eigenvalue weighted by Crippen LogP contribution is 2.20. The van der Waals surface area contributed by atoms with Gasteiger partial charge in [0.2, 0.25) is 5.88 Å². The number of pyridine rings is 1. The molecular weight excluding hydrogens is 218 g/mol. The highest BCUT2D eigenvalue weighted by atomic mass is 16.5. The maximum atomic E-state index is 9.31. The lowest BCUT2D eigenvalue weighted by Gasteiger charge is -2.07. The molecule has 0 saturated carbocycles. The van der Waals surface area contributed by atoms with E-state index < -0.39 is 0 Å². The Morgan fingerprint density at radius 1 is 1.18 bits per heavy atom. The molecule has 0 atom stereocenters. The first-order valence-electron chi connectivity index (χ1n) is 5.30. The molecule has 0 radical (unpaired) electrons. The lowest BCUT2D eigenvalue weighted by atomic mass is 10.2. The molecule has 0 fully saturated rings. The third-order valence-electron chi connectivity index (χ3n) is 2.02. The summed E-state index contributed by atoms with van der Waals surface area (Å²) in [5.41, 5.74) is 1.36. The molecule has 0 aliphatic carbocycles. The van der Waals surface area contributed by atoms with E-state index in [0.717, 1.165) is 0 Å². The Labute approximate surface area is 99.1 Å². The van der Waals surface area contributed by atoms with Crippen molar-refractivity contribution in [2.75, 3.05) is 0 Å². The Hall–Kier alpha value is -2.17. The van der Waals surface area contributed by atoms with Crippen LogP contribution < -0.4 is 4.74 Å². The van der Waals surface area contributed by atoms with Crippen molar-refractivity contribution in [1.29, 1.82) is 0 Å². The van der Waals surface area contributed by atoms with Gasteiger partial charge < -0.3 is 9.84 Å². The Morgan fingerprint density at radius 3 is 2.59 bits per heavy atom. The van der Waals surface area contributed by atoms with Crippen molar-refractivity contribution >= 4 is 0 Å². The van der Waals surface area contributed by atoms with E-state index in [9.17, 15) is 5.11 Å². The summed E-state index contributed by atoms with van der Waals surface area (Å²) >= 11 is 0. The summed E-state index contributed by atoms with van der Waals surface area (Å²) in [6.07, 6.45) is 3.05. The summed E-state index contributed by atoms with van der Waals surface area (Å²) in [5, 5.41) is 17.3. The summed E-state index contributed by atoms with van der Waals surface area (Å²) < 4.78 is 5.39. The molecular formula is C12H13N3O2. The standard InChI is InChI=1S/C12H13N3O2/c1-8(2)17-12-4-3-11(14-15-12)9-5-10(16)7-13-6-9/h3-8,16H,1-2H3. The van der Waals surface area contributed by atoms with Crippen molar-refractivity contribution in [2.45, 2.75) is 20.0 Å². The molecule has 2 aromatic heterocycles. The molecule has 0 spiro atoms. The van der Waals surface area contributed by atoms with E-state index in [-0.39, 0.29) is 11.9 Å². The third kappa shape index (κ3) is 2.90. The van der Waals surface area contributed by atoms with Gasteiger partial charge in [0.15, 0.2) is 0 Å². The highest BCUT2D eigenvalue weighted by molar-refractivity contribution is 5.58. The highest BCUT2D eigenvalue weighted by Gasteiger charge is 2.04. The smallest absolute Gasteiger partial charge is 0.233 e. The van der Waals surface area contributed by atoms with Crippen LogP contribution >= 0.6 is 0 Å². The first kappa shape index (κ1) is 11.3. The second kappa shape index (κ2) is 4.78. The van der Waals surface area contributed by atoms with Crippen molar-refractivity contribution in [2.24, 2.45) is 0 Å². The third-order valence-corrected chi connectivity index (χ3v) is 2.02. The number of ether oxygens (including phenoxy) is 1. The van der Waals surface area contributed by atoms with Gasteiger partial charge >= 0.3 is 0 Å². The average Bonchev–Trinajstić information content (AvgIpc) is 2.29. The SMILES string of the molecule is CC(C)Oc1ccc(-c2cncc(O)c2)nn1. The van der Waals surface area contributed by atoms with Crippen molar-refractivity contribution in [3.05, 3.63) is 30.6 Å². The van der Waals surface area contributed by atoms with Gasteiger partial charge in [-0.1, -0.05) is 0 Å². The van der Waals surface area contributed by atoms with E-state index >= 15 is 0 Å². The lowest BCUT2D eigenvalue weighted by molar-refractivity contribution is 0.230. The van der Waals surface area contributed by atoms with Crippen LogP contribution in [0.2, 0.25) is 0 Å². The van der Waals surface area contributed by atoms with Crippen LogP contribution in [-0.2, 0) is 0 Å². The molecule has 2 aromatic rings. The molecule has 0 saturated heterocycles. The van der Waals surface area contributed by atoms with Gasteiger partial charge in [-0.3, -0.25) is 4.98 Å². The Morgan fingerprint density at radius 2 is 2.00 bits per heavy atom. The molecule has 17 heavy (non-hydrogen) atoms. The summed E-state index contributed by atoms with van der Waals surface area (Å²) in [6.45, 7) is 3.85. The fraction of sp³-hybridized carbons (Fsp3) is 0.250. The minimum Gasteiger partial charge on any atom is -0.506 e. The van der Waals surface area contributed by atoms with Gasteiger partial charge in [-0.05, 0) is 26.0 Å². The normalized spacial score (nSPS) is 10.5. The zero-order valence-electron chi connectivity index (χ0n) is 9.66. The molecule has 0 amide bonds. The quantitative estimate of drug-likeness (QED) is 0.875. The summed E-state index contributed by atoms with van der Waals surface area (Å²) in [5.74, 6) is 0.587. The fourth-order valence-electron chi connectivity index (χ4n) is 1.35. The Bertz CT molecular complexity index is 497. The van der Waals surface area contributed by atoms with Gasteiger partial charge in [0.05, 0.1) is 18.0 Å². The van der Waals surface area contributed by atoms with E-state index in [0.29, 0.717) is 17.1 Å². The minimum atomic E-state index is 0.0672.